The molecule has 0 saturated heterocycles. The lowest BCUT2D eigenvalue weighted by atomic mass is 10.4. The minimum Gasteiger partial charge on any atom is -0.477 e. The molecule has 0 aromatic carbocycles. The van der Waals surface area contributed by atoms with Crippen molar-refractivity contribution < 1.29 is 9.90 Å². The largest absolute Gasteiger partial charge is 0.477 e. The lowest BCUT2D eigenvalue weighted by Crippen LogP contribution is -1.89. The van der Waals surface area contributed by atoms with Crippen molar-refractivity contribution in [1.29, 1.82) is 0 Å². The Hall–Kier alpha value is -0.540. The highest BCUT2D eigenvalue weighted by Gasteiger charge is 2.04. The van der Waals surface area contributed by atoms with E-state index in [1.807, 2.05) is 0 Å². The molecule has 1 aromatic rings. The number of carbonyl (C=O) groups is 1. The van der Waals surface area contributed by atoms with E-state index in [0.717, 1.165) is 4.88 Å². The summed E-state index contributed by atoms with van der Waals surface area (Å²) in [6.07, 6.45) is 0. The van der Waals surface area contributed by atoms with Crippen molar-refractivity contribution in [1.82, 2.24) is 0 Å². The van der Waals surface area contributed by atoms with Gasteiger partial charge in [-0.05, 0) is 12.1 Å². The summed E-state index contributed by atoms with van der Waals surface area (Å²) < 4.78 is 0. The third-order valence-electron chi connectivity index (χ3n) is 1.00. The summed E-state index contributed by atoms with van der Waals surface area (Å²) in [5, 5.41) is 8.46. The Morgan fingerprint density at radius 1 is 1.70 bits per heavy atom. The molecule has 0 atom stereocenters. The van der Waals surface area contributed by atoms with Crippen LogP contribution in [0, 0.1) is 0 Å². The van der Waals surface area contributed by atoms with Gasteiger partial charge in [0.05, 0.1) is 5.88 Å². The topological polar surface area (TPSA) is 37.3 Å². The molecule has 10 heavy (non-hydrogen) atoms. The first-order valence-electron chi connectivity index (χ1n) is 2.62. The van der Waals surface area contributed by atoms with Crippen molar-refractivity contribution in [3.05, 3.63) is 21.9 Å². The smallest absolute Gasteiger partial charge is 0.345 e. The Bertz CT molecular complexity index is 244. The van der Waals surface area contributed by atoms with E-state index < -0.39 is 5.97 Å². The second-order valence-corrected chi connectivity index (χ2v) is 3.14. The molecule has 1 aromatic heterocycles. The van der Waals surface area contributed by atoms with Gasteiger partial charge in [0.15, 0.2) is 0 Å². The average Bonchev–Trinajstić information content (AvgIpc) is 2.34. The minimum absolute atomic E-state index is 0.343. The van der Waals surface area contributed by atoms with Crippen LogP contribution in [-0.4, -0.2) is 11.1 Å². The lowest BCUT2D eigenvalue weighted by Gasteiger charge is -1.82. The zero-order chi connectivity index (χ0) is 7.56. The summed E-state index contributed by atoms with van der Waals surface area (Å²) in [5.74, 6) is -0.501. The predicted molar refractivity (Wildman–Crippen MR) is 40.8 cm³/mol. The highest BCUT2D eigenvalue weighted by molar-refractivity contribution is 7.14. The summed E-state index contributed by atoms with van der Waals surface area (Å²) in [4.78, 5) is 11.5. The molecular weight excluding hydrogens is 172 g/mol. The molecule has 1 heterocycles. The number of alkyl halides is 1. The summed E-state index contributed by atoms with van der Waals surface area (Å²) in [6.45, 7) is 0. The van der Waals surface area contributed by atoms with E-state index in [-0.39, 0.29) is 0 Å². The molecule has 1 rings (SSSR count). The van der Waals surface area contributed by atoms with Gasteiger partial charge >= 0.3 is 5.97 Å². The van der Waals surface area contributed by atoms with E-state index >= 15 is 0 Å². The number of carboxylic acid groups (broad SMARTS) is 1. The number of thiophene rings is 1. The molecule has 0 bridgehead atoms. The summed E-state index contributed by atoms with van der Waals surface area (Å²) in [5.41, 5.74) is 0. The first-order chi connectivity index (χ1) is 4.74. The monoisotopic (exact) mass is 176 g/mol. The van der Waals surface area contributed by atoms with Crippen molar-refractivity contribution in [2.45, 2.75) is 5.88 Å². The van der Waals surface area contributed by atoms with E-state index in [0.29, 0.717) is 10.8 Å². The van der Waals surface area contributed by atoms with Crippen molar-refractivity contribution in [2.24, 2.45) is 0 Å². The SMILES string of the molecule is O=C(O)c1ccc(CCl)s1. The number of hydrogen-bond acceptors (Lipinski definition) is 2. The number of aromatic carboxylic acids is 1. The zero-order valence-corrected chi connectivity index (χ0v) is 6.58. The van der Waals surface area contributed by atoms with Crippen LogP contribution in [0.3, 0.4) is 0 Å². The minimum atomic E-state index is -0.888. The van der Waals surface area contributed by atoms with E-state index in [4.69, 9.17) is 16.7 Å². The molecule has 0 aliphatic rings. The van der Waals surface area contributed by atoms with Gasteiger partial charge in [-0.1, -0.05) is 0 Å². The van der Waals surface area contributed by atoms with Crippen molar-refractivity contribution in [3.8, 4) is 0 Å². The highest BCUT2D eigenvalue weighted by atomic mass is 35.5. The molecule has 0 radical (unpaired) electrons. The van der Waals surface area contributed by atoms with Gasteiger partial charge in [0.1, 0.15) is 4.88 Å². The maximum Gasteiger partial charge on any atom is 0.345 e. The summed E-state index contributed by atoms with van der Waals surface area (Å²) in [6, 6.07) is 3.28. The molecule has 0 unspecified atom stereocenters. The summed E-state index contributed by atoms with van der Waals surface area (Å²) >= 11 is 6.67. The average molecular weight is 177 g/mol. The van der Waals surface area contributed by atoms with Crippen LogP contribution in [0.4, 0.5) is 0 Å². The maximum atomic E-state index is 10.3. The Labute approximate surface area is 67.1 Å². The molecule has 0 amide bonds. The van der Waals surface area contributed by atoms with Crippen LogP contribution >= 0.6 is 22.9 Å². The van der Waals surface area contributed by atoms with Gasteiger partial charge in [0.25, 0.3) is 0 Å². The van der Waals surface area contributed by atoms with Crippen LogP contribution in [0.25, 0.3) is 0 Å². The van der Waals surface area contributed by atoms with Crippen LogP contribution in [0.15, 0.2) is 12.1 Å². The van der Waals surface area contributed by atoms with Crippen LogP contribution < -0.4 is 0 Å². The zero-order valence-electron chi connectivity index (χ0n) is 5.00. The normalized spacial score (nSPS) is 9.70. The fourth-order valence-electron chi connectivity index (χ4n) is 0.565. The van der Waals surface area contributed by atoms with Crippen LogP contribution in [0.5, 0.6) is 0 Å². The standard InChI is InChI=1S/C6H5ClO2S/c7-3-4-1-2-5(10-4)6(8)9/h1-2H,3H2,(H,8,9). The van der Waals surface area contributed by atoms with Gasteiger partial charge in [0.2, 0.25) is 0 Å². The Morgan fingerprint density at radius 3 is 2.70 bits per heavy atom. The second-order valence-electron chi connectivity index (χ2n) is 1.70. The van der Waals surface area contributed by atoms with E-state index in [9.17, 15) is 4.79 Å². The number of hydrogen-bond donors (Lipinski definition) is 1. The molecule has 0 saturated carbocycles. The molecule has 0 spiro atoms. The van der Waals surface area contributed by atoms with Crippen molar-refractivity contribution >= 4 is 28.9 Å². The Morgan fingerprint density at radius 2 is 2.40 bits per heavy atom. The molecule has 54 valence electrons. The quantitative estimate of drug-likeness (QED) is 0.702. The second kappa shape index (κ2) is 3.03. The predicted octanol–water partition coefficient (Wildman–Crippen LogP) is 2.19. The lowest BCUT2D eigenvalue weighted by molar-refractivity contribution is 0.0702. The Kier molecular flexibility index (Phi) is 2.29. The summed E-state index contributed by atoms with van der Waals surface area (Å²) in [7, 11) is 0. The Balaban J connectivity index is 2.88. The van der Waals surface area contributed by atoms with Gasteiger partial charge in [-0.15, -0.1) is 22.9 Å². The molecule has 2 nitrogen and oxygen atoms in total. The third kappa shape index (κ3) is 1.49. The van der Waals surface area contributed by atoms with Crippen LogP contribution in [-0.2, 0) is 5.88 Å². The highest BCUT2D eigenvalue weighted by Crippen LogP contribution is 2.17. The van der Waals surface area contributed by atoms with Crippen LogP contribution in [0.1, 0.15) is 14.5 Å². The van der Waals surface area contributed by atoms with Crippen molar-refractivity contribution in [2.75, 3.05) is 0 Å². The first-order valence-corrected chi connectivity index (χ1v) is 3.97. The van der Waals surface area contributed by atoms with E-state index in [1.54, 1.807) is 12.1 Å². The van der Waals surface area contributed by atoms with Gasteiger partial charge in [-0.3, -0.25) is 0 Å². The van der Waals surface area contributed by atoms with E-state index in [2.05, 4.69) is 0 Å². The third-order valence-corrected chi connectivity index (χ3v) is 2.52. The van der Waals surface area contributed by atoms with Crippen LogP contribution in [0.2, 0.25) is 0 Å². The molecule has 4 heteroatoms. The molecule has 0 fully saturated rings. The molecule has 1 N–H and O–H groups in total. The fraction of sp³-hybridized carbons (Fsp3) is 0.167. The molecule has 0 aliphatic carbocycles. The van der Waals surface area contributed by atoms with Crippen molar-refractivity contribution in [3.63, 3.8) is 0 Å². The van der Waals surface area contributed by atoms with Gasteiger partial charge in [-0.25, -0.2) is 4.79 Å². The van der Waals surface area contributed by atoms with E-state index in [1.165, 1.54) is 11.3 Å². The molecule has 0 aliphatic heterocycles. The van der Waals surface area contributed by atoms with Gasteiger partial charge in [-0.2, -0.15) is 0 Å². The number of halogens is 1. The molecular formula is C6H5ClO2S. The number of rotatable bonds is 2. The van der Waals surface area contributed by atoms with Gasteiger partial charge < -0.3 is 5.11 Å². The number of carboxylic acids is 1. The van der Waals surface area contributed by atoms with Gasteiger partial charge in [0, 0.05) is 4.88 Å². The maximum absolute atomic E-state index is 10.3. The first kappa shape index (κ1) is 7.57. The fourth-order valence-corrected chi connectivity index (χ4v) is 1.51.